The third-order valence-electron chi connectivity index (χ3n) is 5.02. The van der Waals surface area contributed by atoms with Gasteiger partial charge >= 0.3 is 0 Å². The van der Waals surface area contributed by atoms with Crippen molar-refractivity contribution >= 4 is 17.7 Å². The molecule has 0 spiro atoms. The van der Waals surface area contributed by atoms with Crippen LogP contribution in [0.2, 0.25) is 0 Å². The molecule has 134 valence electrons. The Labute approximate surface area is 147 Å². The maximum Gasteiger partial charge on any atom is 0.261 e. The molecule has 0 radical (unpaired) electrons. The van der Waals surface area contributed by atoms with Gasteiger partial charge in [0.25, 0.3) is 11.8 Å². The zero-order chi connectivity index (χ0) is 18.0. The van der Waals surface area contributed by atoms with Gasteiger partial charge in [-0.1, -0.05) is 12.1 Å². The summed E-state index contributed by atoms with van der Waals surface area (Å²) < 4.78 is 0. The fraction of sp³-hybridized carbons (Fsp3) is 0.500. The van der Waals surface area contributed by atoms with Gasteiger partial charge in [-0.3, -0.25) is 30.1 Å². The standard InChI is InChI=1S/C18H24N4O3/c1-11-15(12(2)21-20-11)10-19-16(23)8-5-9-22-17(24)13-6-3-4-7-14(13)18(22)25/h3-4,6-7,11-12,15,20-21H,5,8-10H2,1-2H3,(H,19,23). The van der Waals surface area contributed by atoms with E-state index in [0.29, 0.717) is 48.5 Å². The number of amides is 3. The van der Waals surface area contributed by atoms with Gasteiger partial charge in [0.1, 0.15) is 0 Å². The Morgan fingerprint density at radius 1 is 1.08 bits per heavy atom. The van der Waals surface area contributed by atoms with Crippen molar-refractivity contribution < 1.29 is 14.4 Å². The highest BCUT2D eigenvalue weighted by Crippen LogP contribution is 2.22. The van der Waals surface area contributed by atoms with Gasteiger partial charge in [-0.15, -0.1) is 0 Å². The molecule has 1 fully saturated rings. The first-order valence-electron chi connectivity index (χ1n) is 8.72. The van der Waals surface area contributed by atoms with E-state index in [0.717, 1.165) is 0 Å². The minimum absolute atomic E-state index is 0.0529. The maximum atomic E-state index is 12.2. The molecule has 0 saturated carbocycles. The van der Waals surface area contributed by atoms with Gasteiger partial charge < -0.3 is 5.32 Å². The second-order valence-electron chi connectivity index (χ2n) is 6.75. The third-order valence-corrected chi connectivity index (χ3v) is 5.02. The molecule has 2 aliphatic heterocycles. The highest BCUT2D eigenvalue weighted by atomic mass is 16.2. The van der Waals surface area contributed by atoms with Crippen LogP contribution in [0.15, 0.2) is 24.3 Å². The van der Waals surface area contributed by atoms with Crippen LogP contribution in [0, 0.1) is 5.92 Å². The number of hydrogen-bond donors (Lipinski definition) is 3. The smallest absolute Gasteiger partial charge is 0.261 e. The zero-order valence-electron chi connectivity index (χ0n) is 14.5. The average molecular weight is 344 g/mol. The van der Waals surface area contributed by atoms with E-state index in [9.17, 15) is 14.4 Å². The van der Waals surface area contributed by atoms with Gasteiger partial charge in [-0.25, -0.2) is 0 Å². The van der Waals surface area contributed by atoms with Gasteiger partial charge in [0.2, 0.25) is 5.91 Å². The Morgan fingerprint density at radius 2 is 1.64 bits per heavy atom. The summed E-state index contributed by atoms with van der Waals surface area (Å²) in [5.41, 5.74) is 7.21. The van der Waals surface area contributed by atoms with Crippen LogP contribution in [0.3, 0.4) is 0 Å². The van der Waals surface area contributed by atoms with E-state index in [-0.39, 0.29) is 24.3 Å². The topological polar surface area (TPSA) is 90.5 Å². The first kappa shape index (κ1) is 17.6. The van der Waals surface area contributed by atoms with Crippen LogP contribution in [0.25, 0.3) is 0 Å². The van der Waals surface area contributed by atoms with E-state index >= 15 is 0 Å². The van der Waals surface area contributed by atoms with Crippen molar-refractivity contribution in [3.8, 4) is 0 Å². The lowest BCUT2D eigenvalue weighted by molar-refractivity contribution is -0.121. The van der Waals surface area contributed by atoms with E-state index in [4.69, 9.17) is 0 Å². The minimum Gasteiger partial charge on any atom is -0.356 e. The van der Waals surface area contributed by atoms with E-state index < -0.39 is 0 Å². The van der Waals surface area contributed by atoms with Crippen molar-refractivity contribution in [3.63, 3.8) is 0 Å². The summed E-state index contributed by atoms with van der Waals surface area (Å²) in [7, 11) is 0. The number of imide groups is 1. The average Bonchev–Trinajstić information content (AvgIpc) is 3.05. The third kappa shape index (κ3) is 3.57. The molecule has 2 unspecified atom stereocenters. The second kappa shape index (κ2) is 7.33. The summed E-state index contributed by atoms with van der Waals surface area (Å²) in [4.78, 5) is 37.7. The first-order valence-corrected chi connectivity index (χ1v) is 8.72. The van der Waals surface area contributed by atoms with E-state index in [1.165, 1.54) is 4.90 Å². The number of hydrogen-bond acceptors (Lipinski definition) is 5. The lowest BCUT2D eigenvalue weighted by atomic mass is 9.97. The van der Waals surface area contributed by atoms with Crippen molar-refractivity contribution in [2.45, 2.75) is 38.8 Å². The fourth-order valence-corrected chi connectivity index (χ4v) is 3.42. The largest absolute Gasteiger partial charge is 0.356 e. The number of nitrogens with one attached hydrogen (secondary N) is 3. The predicted octanol–water partition coefficient (Wildman–Crippen LogP) is 0.680. The van der Waals surface area contributed by atoms with E-state index in [2.05, 4.69) is 30.0 Å². The Bertz CT molecular complexity index is 646. The summed E-state index contributed by atoms with van der Waals surface area (Å²) in [5, 5.41) is 2.94. The molecular formula is C18H24N4O3. The van der Waals surface area contributed by atoms with Crippen LogP contribution in [-0.2, 0) is 4.79 Å². The monoisotopic (exact) mass is 344 g/mol. The van der Waals surface area contributed by atoms with Crippen molar-refractivity contribution in [2.75, 3.05) is 13.1 Å². The van der Waals surface area contributed by atoms with Crippen LogP contribution in [-0.4, -0.2) is 47.8 Å². The molecule has 1 aromatic carbocycles. The highest BCUT2D eigenvalue weighted by Gasteiger charge is 2.34. The summed E-state index contributed by atoms with van der Waals surface area (Å²) in [6.07, 6.45) is 0.757. The normalized spacial score (nSPS) is 25.4. The number of carbonyl (C=O) groups is 3. The SMILES string of the molecule is CC1NNC(C)C1CNC(=O)CCCN1C(=O)c2ccccc2C1=O. The number of rotatable bonds is 6. The summed E-state index contributed by atoms with van der Waals surface area (Å²) in [6.45, 7) is 5.03. The van der Waals surface area contributed by atoms with E-state index in [1.807, 2.05) is 0 Å². The fourth-order valence-electron chi connectivity index (χ4n) is 3.42. The highest BCUT2D eigenvalue weighted by molar-refractivity contribution is 6.21. The molecule has 7 heteroatoms. The quantitative estimate of drug-likeness (QED) is 0.660. The van der Waals surface area contributed by atoms with Gasteiger partial charge in [-0.2, -0.15) is 0 Å². The van der Waals surface area contributed by atoms with Crippen LogP contribution >= 0.6 is 0 Å². The molecule has 2 heterocycles. The van der Waals surface area contributed by atoms with Gasteiger partial charge in [0.15, 0.2) is 0 Å². The lowest BCUT2D eigenvalue weighted by Gasteiger charge is -2.18. The molecule has 0 bridgehead atoms. The lowest BCUT2D eigenvalue weighted by Crippen LogP contribution is -2.37. The molecule has 7 nitrogen and oxygen atoms in total. The number of carbonyl (C=O) groups excluding carboxylic acids is 3. The molecular weight excluding hydrogens is 320 g/mol. The van der Waals surface area contributed by atoms with Gasteiger partial charge in [0.05, 0.1) is 11.1 Å². The van der Waals surface area contributed by atoms with Crippen LogP contribution in [0.5, 0.6) is 0 Å². The summed E-state index contributed by atoms with van der Waals surface area (Å²) in [6, 6.07) is 7.41. The number of fused-ring (bicyclic) bond motifs is 1. The summed E-state index contributed by atoms with van der Waals surface area (Å²) >= 11 is 0. The van der Waals surface area contributed by atoms with Gasteiger partial charge in [-0.05, 0) is 32.4 Å². The molecule has 3 rings (SSSR count). The van der Waals surface area contributed by atoms with Crippen LogP contribution in [0.4, 0.5) is 0 Å². The minimum atomic E-state index is -0.272. The molecule has 1 aromatic rings. The van der Waals surface area contributed by atoms with Crippen LogP contribution < -0.4 is 16.2 Å². The second-order valence-corrected chi connectivity index (χ2v) is 6.75. The maximum absolute atomic E-state index is 12.2. The van der Waals surface area contributed by atoms with Crippen LogP contribution in [0.1, 0.15) is 47.4 Å². The molecule has 3 amide bonds. The molecule has 2 atom stereocenters. The Morgan fingerprint density at radius 3 is 2.20 bits per heavy atom. The molecule has 0 aromatic heterocycles. The molecule has 1 saturated heterocycles. The number of nitrogens with zero attached hydrogens (tertiary/aromatic N) is 1. The number of hydrazine groups is 1. The molecule has 2 aliphatic rings. The Balaban J connectivity index is 1.43. The van der Waals surface area contributed by atoms with Crippen molar-refractivity contribution in [2.24, 2.45) is 5.92 Å². The Kier molecular flexibility index (Phi) is 5.15. The zero-order valence-corrected chi connectivity index (χ0v) is 14.5. The summed E-state index contributed by atoms with van der Waals surface area (Å²) in [5.74, 6) is -0.262. The first-order chi connectivity index (χ1) is 12.0. The molecule has 25 heavy (non-hydrogen) atoms. The van der Waals surface area contributed by atoms with Crippen molar-refractivity contribution in [1.82, 2.24) is 21.1 Å². The van der Waals surface area contributed by atoms with Gasteiger partial charge in [0, 0.05) is 37.5 Å². The molecule has 3 N–H and O–H groups in total. The van der Waals surface area contributed by atoms with E-state index in [1.54, 1.807) is 24.3 Å². The molecule has 0 aliphatic carbocycles. The number of benzene rings is 1. The van der Waals surface area contributed by atoms with Crippen molar-refractivity contribution in [3.05, 3.63) is 35.4 Å². The van der Waals surface area contributed by atoms with Crippen molar-refractivity contribution in [1.29, 1.82) is 0 Å². The predicted molar refractivity (Wildman–Crippen MR) is 92.7 cm³/mol. The Hall–Kier alpha value is -2.25.